The summed E-state index contributed by atoms with van der Waals surface area (Å²) in [6.45, 7) is -0.113. The van der Waals surface area contributed by atoms with Crippen molar-refractivity contribution >= 4 is 21.5 Å². The second-order valence-electron chi connectivity index (χ2n) is 8.15. The summed E-state index contributed by atoms with van der Waals surface area (Å²) in [5, 5.41) is 2.98. The molecule has 3 aromatic carbocycles. The maximum atomic E-state index is 14.0. The summed E-state index contributed by atoms with van der Waals surface area (Å²) < 4.78 is 81.2. The molecule has 0 fully saturated rings. The zero-order chi connectivity index (χ0) is 26.6. The lowest BCUT2D eigenvalue weighted by molar-refractivity contribution is -0.137. The van der Waals surface area contributed by atoms with Crippen LogP contribution in [-0.2, 0) is 28.4 Å². The van der Waals surface area contributed by atoms with Crippen LogP contribution in [-0.4, -0.2) is 29.6 Å². The summed E-state index contributed by atoms with van der Waals surface area (Å²) >= 11 is 0. The molecule has 0 aliphatic heterocycles. The summed E-state index contributed by atoms with van der Waals surface area (Å²) in [4.78, 5) is 12.6. The molecule has 1 heterocycles. The average Bonchev–Trinajstić information content (AvgIpc) is 2.82. The second-order valence-corrected chi connectivity index (χ2v) is 10.3. The molecule has 7 nitrogen and oxygen atoms in total. The number of hydrogen-bond donors (Lipinski definition) is 1. The van der Waals surface area contributed by atoms with Crippen LogP contribution in [0.2, 0.25) is 0 Å². The van der Waals surface area contributed by atoms with E-state index in [1.54, 1.807) is 24.3 Å². The van der Waals surface area contributed by atoms with E-state index in [0.717, 1.165) is 24.5 Å². The van der Waals surface area contributed by atoms with Gasteiger partial charge in [-0.3, -0.25) is 0 Å². The Morgan fingerprint density at radius 2 is 1.70 bits per heavy atom. The Kier molecular flexibility index (Phi) is 7.39. The minimum absolute atomic E-state index is 0.0900. The molecule has 4 rings (SSSR count). The van der Waals surface area contributed by atoms with Crippen molar-refractivity contribution in [2.75, 3.05) is 11.6 Å². The van der Waals surface area contributed by atoms with Gasteiger partial charge in [-0.2, -0.15) is 18.2 Å². The van der Waals surface area contributed by atoms with Crippen molar-refractivity contribution in [2.24, 2.45) is 0 Å². The molecule has 0 saturated carbocycles. The molecule has 0 unspecified atom stereocenters. The fourth-order valence-corrected chi connectivity index (χ4v) is 4.19. The van der Waals surface area contributed by atoms with Gasteiger partial charge < -0.3 is 10.1 Å². The first-order valence-electron chi connectivity index (χ1n) is 10.8. The van der Waals surface area contributed by atoms with Crippen LogP contribution in [0.25, 0.3) is 11.4 Å². The summed E-state index contributed by atoms with van der Waals surface area (Å²) in [5.41, 5.74) is 1.14. The smallest absolute Gasteiger partial charge is 0.416 e. The number of hydrogen-bond acceptors (Lipinski definition) is 7. The molecular weight excluding hydrogens is 512 g/mol. The van der Waals surface area contributed by atoms with Crippen molar-refractivity contribution < 1.29 is 30.7 Å². The van der Waals surface area contributed by atoms with Gasteiger partial charge in [0.1, 0.15) is 24.5 Å². The normalized spacial score (nSPS) is 11.8. The average molecular weight is 533 g/mol. The Labute approximate surface area is 210 Å². The molecule has 37 heavy (non-hydrogen) atoms. The highest BCUT2D eigenvalue weighted by Gasteiger charge is 2.29. The molecule has 192 valence electrons. The minimum Gasteiger partial charge on any atom is -0.488 e. The van der Waals surface area contributed by atoms with Crippen LogP contribution in [0.3, 0.4) is 0 Å². The van der Waals surface area contributed by atoms with Crippen LogP contribution in [0, 0.1) is 5.82 Å². The van der Waals surface area contributed by atoms with E-state index in [9.17, 15) is 26.0 Å². The Balaban J connectivity index is 1.54. The number of halogens is 4. The molecule has 1 N–H and O–H groups in total. The molecule has 0 amide bonds. The number of benzene rings is 3. The van der Waals surface area contributed by atoms with E-state index < -0.39 is 27.4 Å². The van der Waals surface area contributed by atoms with Gasteiger partial charge in [-0.15, -0.1) is 0 Å². The first-order valence-corrected chi connectivity index (χ1v) is 12.8. The molecule has 0 bridgehead atoms. The van der Waals surface area contributed by atoms with E-state index in [1.807, 2.05) is 0 Å². The van der Waals surface area contributed by atoms with Gasteiger partial charge in [0.05, 0.1) is 16.9 Å². The third-order valence-electron chi connectivity index (χ3n) is 5.04. The Morgan fingerprint density at radius 1 is 0.946 bits per heavy atom. The van der Waals surface area contributed by atoms with Crippen LogP contribution >= 0.6 is 0 Å². The maximum Gasteiger partial charge on any atom is 0.416 e. The Morgan fingerprint density at radius 3 is 2.41 bits per heavy atom. The number of sulfone groups is 1. The van der Waals surface area contributed by atoms with E-state index in [2.05, 4.69) is 20.3 Å². The molecular formula is C25H20F4N4O3S. The molecule has 1 aromatic heterocycles. The van der Waals surface area contributed by atoms with Crippen molar-refractivity contribution in [1.82, 2.24) is 15.0 Å². The SMILES string of the molecule is CS(=O)(=O)Cc1cccc(Nc2ncnc(-c3ccc(F)cc3OCc3ccc(C(F)(F)F)cc3)n2)c1. The molecule has 0 aliphatic carbocycles. The molecule has 0 spiro atoms. The van der Waals surface area contributed by atoms with Gasteiger partial charge in [-0.25, -0.2) is 22.8 Å². The zero-order valence-corrected chi connectivity index (χ0v) is 20.1. The third kappa shape index (κ3) is 7.23. The Bertz CT molecular complexity index is 1510. The highest BCUT2D eigenvalue weighted by Crippen LogP contribution is 2.31. The molecule has 12 heteroatoms. The van der Waals surface area contributed by atoms with Crippen LogP contribution in [0.4, 0.5) is 29.2 Å². The number of rotatable bonds is 8. The van der Waals surface area contributed by atoms with E-state index in [4.69, 9.17) is 4.74 Å². The van der Waals surface area contributed by atoms with Gasteiger partial charge in [-0.05, 0) is 47.5 Å². The summed E-state index contributed by atoms with van der Waals surface area (Å²) in [5.74, 6) is -0.305. The maximum absolute atomic E-state index is 14.0. The Hall–Kier alpha value is -4.06. The highest BCUT2D eigenvalue weighted by atomic mass is 32.2. The van der Waals surface area contributed by atoms with Crippen LogP contribution in [0.15, 0.2) is 73.1 Å². The molecule has 0 aliphatic rings. The number of alkyl halides is 3. The predicted molar refractivity (Wildman–Crippen MR) is 129 cm³/mol. The summed E-state index contributed by atoms with van der Waals surface area (Å²) in [6, 6.07) is 14.9. The minimum atomic E-state index is -4.45. The van der Waals surface area contributed by atoms with Crippen molar-refractivity contribution in [3.05, 3.63) is 95.6 Å². The van der Waals surface area contributed by atoms with Crippen molar-refractivity contribution in [1.29, 1.82) is 0 Å². The van der Waals surface area contributed by atoms with Crippen LogP contribution in [0.1, 0.15) is 16.7 Å². The highest BCUT2D eigenvalue weighted by molar-refractivity contribution is 7.89. The topological polar surface area (TPSA) is 94.1 Å². The van der Waals surface area contributed by atoms with Gasteiger partial charge in [0.25, 0.3) is 0 Å². The van der Waals surface area contributed by atoms with Gasteiger partial charge in [0.15, 0.2) is 15.7 Å². The van der Waals surface area contributed by atoms with Gasteiger partial charge in [0, 0.05) is 18.0 Å². The zero-order valence-electron chi connectivity index (χ0n) is 19.3. The van der Waals surface area contributed by atoms with Crippen molar-refractivity contribution in [3.63, 3.8) is 0 Å². The monoisotopic (exact) mass is 532 g/mol. The van der Waals surface area contributed by atoms with Gasteiger partial charge in [-0.1, -0.05) is 24.3 Å². The molecule has 0 saturated heterocycles. The summed E-state index contributed by atoms with van der Waals surface area (Å²) in [6.07, 6.45) is -2.06. The van der Waals surface area contributed by atoms with Crippen LogP contribution in [0.5, 0.6) is 5.75 Å². The van der Waals surface area contributed by atoms with E-state index in [1.165, 1.54) is 30.6 Å². The lowest BCUT2D eigenvalue weighted by Crippen LogP contribution is -2.05. The van der Waals surface area contributed by atoms with Crippen molar-refractivity contribution in [2.45, 2.75) is 18.5 Å². The first kappa shape index (κ1) is 26.0. The van der Waals surface area contributed by atoms with E-state index in [-0.39, 0.29) is 29.9 Å². The standard InChI is InChI=1S/C25H20F4N4O3S/c1-37(34,35)14-17-3-2-4-20(11-17)32-24-31-15-30-23(33-24)21-10-9-19(26)12-22(21)36-13-16-5-7-18(8-6-16)25(27,28)29/h2-12,15H,13-14H2,1H3,(H,30,31,32,33). The lowest BCUT2D eigenvalue weighted by Gasteiger charge is -2.13. The third-order valence-corrected chi connectivity index (χ3v) is 5.90. The second kappa shape index (κ2) is 10.5. The molecule has 0 radical (unpaired) electrons. The van der Waals surface area contributed by atoms with Crippen LogP contribution < -0.4 is 10.1 Å². The van der Waals surface area contributed by atoms with Gasteiger partial charge >= 0.3 is 6.18 Å². The number of aromatic nitrogens is 3. The first-order chi connectivity index (χ1) is 17.5. The summed E-state index contributed by atoms with van der Waals surface area (Å²) in [7, 11) is -3.22. The molecule has 0 atom stereocenters. The number of nitrogens with zero attached hydrogens (tertiary/aromatic N) is 3. The van der Waals surface area contributed by atoms with Gasteiger partial charge in [0.2, 0.25) is 5.95 Å². The quantitative estimate of drug-likeness (QED) is 0.297. The fourth-order valence-electron chi connectivity index (χ4n) is 3.41. The largest absolute Gasteiger partial charge is 0.488 e. The number of ether oxygens (including phenoxy) is 1. The number of anilines is 2. The predicted octanol–water partition coefficient (Wildman–Crippen LogP) is 5.56. The number of nitrogens with one attached hydrogen (secondary N) is 1. The molecule has 4 aromatic rings. The van der Waals surface area contributed by atoms with Crippen molar-refractivity contribution in [3.8, 4) is 17.1 Å². The fraction of sp³-hybridized carbons (Fsp3) is 0.160. The van der Waals surface area contributed by atoms with E-state index in [0.29, 0.717) is 22.4 Å². The lowest BCUT2D eigenvalue weighted by atomic mass is 10.1. The van der Waals surface area contributed by atoms with E-state index >= 15 is 0 Å².